The van der Waals surface area contributed by atoms with E-state index < -0.39 is 5.60 Å². The number of carbonyl (C=O) groups is 1. The molecule has 0 aliphatic carbocycles. The van der Waals surface area contributed by atoms with Crippen LogP contribution < -0.4 is 0 Å². The zero-order valence-corrected chi connectivity index (χ0v) is 15.2. The zero-order chi connectivity index (χ0) is 16.4. The fraction of sp³-hybridized carbons (Fsp3) is 0.500. The van der Waals surface area contributed by atoms with Gasteiger partial charge in [0.15, 0.2) is 0 Å². The number of nitrogens with one attached hydrogen (secondary N) is 1. The van der Waals surface area contributed by atoms with Crippen LogP contribution in [0.5, 0.6) is 0 Å². The lowest BCUT2D eigenvalue weighted by Crippen LogP contribution is -2.38. The van der Waals surface area contributed by atoms with Crippen LogP contribution in [-0.2, 0) is 26.3 Å². The summed E-state index contributed by atoms with van der Waals surface area (Å²) in [7, 11) is 0. The van der Waals surface area contributed by atoms with E-state index in [0.29, 0.717) is 13.2 Å². The molecule has 1 aliphatic rings. The Balaban J connectivity index is 2.11. The maximum atomic E-state index is 12.2. The number of benzene rings is 1. The number of esters is 1. The van der Waals surface area contributed by atoms with Gasteiger partial charge in [-0.15, -0.1) is 0 Å². The predicted octanol–water partition coefficient (Wildman–Crippen LogP) is 4.45. The molecule has 3 rings (SSSR count). The van der Waals surface area contributed by atoms with Gasteiger partial charge in [0.2, 0.25) is 0 Å². The summed E-state index contributed by atoms with van der Waals surface area (Å²) in [6.45, 7) is 4.97. The molecule has 1 atom stereocenters. The smallest absolute Gasteiger partial charge is 0.309 e. The van der Waals surface area contributed by atoms with Gasteiger partial charge in [0, 0.05) is 9.86 Å². The van der Waals surface area contributed by atoms with Gasteiger partial charge in [-0.3, -0.25) is 4.79 Å². The number of fused-ring (bicyclic) bond motifs is 3. The van der Waals surface area contributed by atoms with Gasteiger partial charge in [-0.25, -0.2) is 0 Å². The van der Waals surface area contributed by atoms with Crippen LogP contribution >= 0.6 is 15.9 Å². The van der Waals surface area contributed by atoms with Crippen LogP contribution in [-0.4, -0.2) is 24.2 Å². The first-order valence-corrected chi connectivity index (χ1v) is 8.99. The van der Waals surface area contributed by atoms with Crippen molar-refractivity contribution in [3.8, 4) is 0 Å². The lowest BCUT2D eigenvalue weighted by Gasteiger charge is -2.36. The summed E-state index contributed by atoms with van der Waals surface area (Å²) in [5.74, 6) is -0.202. The maximum Gasteiger partial charge on any atom is 0.309 e. The Bertz CT molecular complexity index is 724. The van der Waals surface area contributed by atoms with Gasteiger partial charge in [0.05, 0.1) is 30.8 Å². The molecule has 1 N–H and O–H groups in total. The Morgan fingerprint density at radius 2 is 2.26 bits per heavy atom. The third-order valence-corrected chi connectivity index (χ3v) is 5.13. The van der Waals surface area contributed by atoms with E-state index in [1.807, 2.05) is 19.1 Å². The number of aromatic nitrogens is 1. The number of rotatable bonds is 5. The summed E-state index contributed by atoms with van der Waals surface area (Å²) < 4.78 is 12.4. The van der Waals surface area contributed by atoms with Crippen LogP contribution in [0.1, 0.15) is 44.4 Å². The van der Waals surface area contributed by atoms with E-state index in [1.54, 1.807) is 0 Å². The molecule has 1 aromatic carbocycles. The van der Waals surface area contributed by atoms with Gasteiger partial charge in [-0.1, -0.05) is 25.5 Å². The fourth-order valence-corrected chi connectivity index (χ4v) is 4.05. The largest absolute Gasteiger partial charge is 0.466 e. The summed E-state index contributed by atoms with van der Waals surface area (Å²) in [6.07, 6.45) is 2.85. The van der Waals surface area contributed by atoms with Crippen LogP contribution in [0.3, 0.4) is 0 Å². The van der Waals surface area contributed by atoms with Crippen molar-refractivity contribution in [1.82, 2.24) is 4.98 Å². The van der Waals surface area contributed by atoms with Crippen LogP contribution in [0.2, 0.25) is 0 Å². The molecule has 4 nitrogen and oxygen atoms in total. The van der Waals surface area contributed by atoms with E-state index in [4.69, 9.17) is 9.47 Å². The second kappa shape index (κ2) is 6.65. The standard InChI is InChI=1S/C18H22BrNO3/c1-3-9-18(11-15(21)22-4-2)17-13(8-10-23-18)12-6-5-7-14(19)16(12)20-17/h5-7,20H,3-4,8-11H2,1-2H3. The Kier molecular flexibility index (Phi) is 4.78. The summed E-state index contributed by atoms with van der Waals surface area (Å²) in [4.78, 5) is 15.7. The van der Waals surface area contributed by atoms with Crippen molar-refractivity contribution in [2.45, 2.75) is 45.1 Å². The number of ether oxygens (including phenoxy) is 2. The summed E-state index contributed by atoms with van der Waals surface area (Å²) in [5, 5.41) is 1.21. The van der Waals surface area contributed by atoms with Crippen molar-refractivity contribution < 1.29 is 14.3 Å². The summed E-state index contributed by atoms with van der Waals surface area (Å²) in [6, 6.07) is 6.20. The molecule has 0 fully saturated rings. The minimum absolute atomic E-state index is 0.202. The molecule has 1 aliphatic heterocycles. The van der Waals surface area contributed by atoms with Gasteiger partial charge in [0.25, 0.3) is 0 Å². The molecule has 23 heavy (non-hydrogen) atoms. The first-order valence-electron chi connectivity index (χ1n) is 8.20. The number of halogens is 1. The van der Waals surface area contributed by atoms with Gasteiger partial charge >= 0.3 is 5.97 Å². The number of H-pyrrole nitrogens is 1. The highest BCUT2D eigenvalue weighted by Crippen LogP contribution is 2.43. The molecule has 0 amide bonds. The SMILES string of the molecule is CCCC1(CC(=O)OCC)OCCc2c1[nH]c1c(Br)cccc21. The van der Waals surface area contributed by atoms with Gasteiger partial charge in [-0.05, 0) is 47.3 Å². The van der Waals surface area contributed by atoms with E-state index in [1.165, 1.54) is 10.9 Å². The highest BCUT2D eigenvalue weighted by molar-refractivity contribution is 9.10. The molecular weight excluding hydrogens is 358 g/mol. The topological polar surface area (TPSA) is 51.3 Å². The highest BCUT2D eigenvalue weighted by atomic mass is 79.9. The lowest BCUT2D eigenvalue weighted by atomic mass is 9.85. The van der Waals surface area contributed by atoms with E-state index in [2.05, 4.69) is 33.9 Å². The van der Waals surface area contributed by atoms with Crippen LogP contribution in [0.4, 0.5) is 0 Å². The molecule has 124 valence electrons. The predicted molar refractivity (Wildman–Crippen MR) is 93.5 cm³/mol. The van der Waals surface area contributed by atoms with Crippen LogP contribution in [0.15, 0.2) is 22.7 Å². The molecule has 1 aromatic heterocycles. The molecule has 0 saturated heterocycles. The second-order valence-corrected chi connectivity index (χ2v) is 6.82. The normalized spacial score (nSPS) is 20.5. The van der Waals surface area contributed by atoms with Gasteiger partial charge in [-0.2, -0.15) is 0 Å². The second-order valence-electron chi connectivity index (χ2n) is 5.97. The quantitative estimate of drug-likeness (QED) is 0.780. The van der Waals surface area contributed by atoms with Crippen LogP contribution in [0, 0.1) is 0 Å². The van der Waals surface area contributed by atoms with Gasteiger partial charge in [0.1, 0.15) is 5.60 Å². The Morgan fingerprint density at radius 3 is 3.00 bits per heavy atom. The molecule has 1 unspecified atom stereocenters. The first kappa shape index (κ1) is 16.5. The fourth-order valence-electron chi connectivity index (χ4n) is 3.58. The highest BCUT2D eigenvalue weighted by Gasteiger charge is 2.42. The molecular formula is C18H22BrNO3. The van der Waals surface area contributed by atoms with Gasteiger partial charge < -0.3 is 14.5 Å². The zero-order valence-electron chi connectivity index (χ0n) is 13.6. The number of hydrogen-bond donors (Lipinski definition) is 1. The third-order valence-electron chi connectivity index (χ3n) is 4.47. The summed E-state index contributed by atoms with van der Waals surface area (Å²) >= 11 is 3.61. The number of aromatic amines is 1. The molecule has 0 bridgehead atoms. The Labute approximate surface area is 144 Å². The molecule has 0 spiro atoms. The Hall–Kier alpha value is -1.33. The van der Waals surface area contributed by atoms with Crippen molar-refractivity contribution in [3.05, 3.63) is 33.9 Å². The van der Waals surface area contributed by atoms with E-state index in [9.17, 15) is 4.79 Å². The van der Waals surface area contributed by atoms with Crippen LogP contribution in [0.25, 0.3) is 10.9 Å². The molecule has 0 saturated carbocycles. The first-order chi connectivity index (χ1) is 11.1. The molecule has 5 heteroatoms. The Morgan fingerprint density at radius 1 is 1.43 bits per heavy atom. The maximum absolute atomic E-state index is 12.2. The monoisotopic (exact) mass is 379 g/mol. The molecule has 0 radical (unpaired) electrons. The average molecular weight is 380 g/mol. The minimum Gasteiger partial charge on any atom is -0.466 e. The summed E-state index contributed by atoms with van der Waals surface area (Å²) in [5.41, 5.74) is 2.78. The van der Waals surface area contributed by atoms with E-state index in [0.717, 1.165) is 34.9 Å². The molecule has 2 heterocycles. The minimum atomic E-state index is -0.604. The molecule has 2 aromatic rings. The number of hydrogen-bond acceptors (Lipinski definition) is 3. The van der Waals surface area contributed by atoms with Crippen molar-refractivity contribution >= 4 is 32.8 Å². The third kappa shape index (κ3) is 2.92. The van der Waals surface area contributed by atoms with Crippen molar-refractivity contribution in [3.63, 3.8) is 0 Å². The average Bonchev–Trinajstić information content (AvgIpc) is 2.90. The van der Waals surface area contributed by atoms with E-state index in [-0.39, 0.29) is 12.4 Å². The van der Waals surface area contributed by atoms with Crippen molar-refractivity contribution in [2.24, 2.45) is 0 Å². The number of para-hydroxylation sites is 1. The van der Waals surface area contributed by atoms with Crippen molar-refractivity contribution in [2.75, 3.05) is 13.2 Å². The number of carbonyl (C=O) groups excluding carboxylic acids is 1. The van der Waals surface area contributed by atoms with Crippen molar-refractivity contribution in [1.29, 1.82) is 0 Å². The van der Waals surface area contributed by atoms with E-state index >= 15 is 0 Å². The lowest BCUT2D eigenvalue weighted by molar-refractivity contribution is -0.155.